The minimum atomic E-state index is -2.14. The monoisotopic (exact) mass is 771 g/mol. The van der Waals surface area contributed by atoms with Gasteiger partial charge < -0.3 is 22.4 Å². The standard InChI is InChI=1S/C39H58FNO8Si3/c1-10-11-14-17-30(2)46-38-25-20-32(29-36(38)41(43)44)31-18-22-34(23-19-31)47-39(42)33-21-24-37(35(40)28-33)45-26-15-12-13-16-27-51(6,7)49-52(8,9)48-50(3,4)5/h18-25,28-30H,10-17,26-27H2,1-9H3/t30-/m1/s1. The molecule has 0 radical (unpaired) electrons. The van der Waals surface area contributed by atoms with Gasteiger partial charge >= 0.3 is 20.2 Å². The molecule has 13 heteroatoms. The third-order valence-electron chi connectivity index (χ3n) is 8.27. The van der Waals surface area contributed by atoms with E-state index in [1.54, 1.807) is 36.4 Å². The molecule has 3 aromatic carbocycles. The summed E-state index contributed by atoms with van der Waals surface area (Å²) < 4.78 is 44.8. The van der Waals surface area contributed by atoms with Gasteiger partial charge in [0.25, 0.3) is 0 Å². The van der Waals surface area contributed by atoms with Crippen LogP contribution in [0.4, 0.5) is 10.1 Å². The Kier molecular flexibility index (Phi) is 16.2. The van der Waals surface area contributed by atoms with E-state index in [0.29, 0.717) is 17.7 Å². The molecular formula is C39H58FNO8Si3. The highest BCUT2D eigenvalue weighted by molar-refractivity contribution is 6.87. The fourth-order valence-electron chi connectivity index (χ4n) is 6.19. The number of benzene rings is 3. The van der Waals surface area contributed by atoms with Gasteiger partial charge in [-0.3, -0.25) is 10.1 Å². The van der Waals surface area contributed by atoms with Crippen molar-refractivity contribution in [3.8, 4) is 28.4 Å². The summed E-state index contributed by atoms with van der Waals surface area (Å²) in [5, 5.41) is 11.8. The molecule has 0 fully saturated rings. The van der Waals surface area contributed by atoms with Crippen molar-refractivity contribution in [2.24, 2.45) is 0 Å². The maximum Gasteiger partial charge on any atom is 0.343 e. The molecule has 0 saturated carbocycles. The van der Waals surface area contributed by atoms with Crippen molar-refractivity contribution in [2.75, 3.05) is 6.61 Å². The maximum atomic E-state index is 14.8. The van der Waals surface area contributed by atoms with Gasteiger partial charge in [0.05, 0.1) is 23.2 Å². The van der Waals surface area contributed by atoms with Crippen molar-refractivity contribution in [1.82, 2.24) is 0 Å². The molecule has 3 aromatic rings. The summed E-state index contributed by atoms with van der Waals surface area (Å²) in [5.74, 6) is -0.760. The molecule has 0 unspecified atom stereocenters. The van der Waals surface area contributed by atoms with E-state index in [9.17, 15) is 19.3 Å². The molecule has 9 nitrogen and oxygen atoms in total. The van der Waals surface area contributed by atoms with Gasteiger partial charge in [-0.05, 0) is 126 Å². The van der Waals surface area contributed by atoms with Gasteiger partial charge in [0.2, 0.25) is 0 Å². The molecule has 1 atom stereocenters. The van der Waals surface area contributed by atoms with E-state index in [2.05, 4.69) is 52.8 Å². The lowest BCUT2D eigenvalue weighted by atomic mass is 10.0. The number of unbranched alkanes of at least 4 members (excludes halogenated alkanes) is 5. The highest BCUT2D eigenvalue weighted by Crippen LogP contribution is 2.34. The zero-order chi connectivity index (χ0) is 38.5. The first-order valence-electron chi connectivity index (χ1n) is 18.5. The van der Waals surface area contributed by atoms with Gasteiger partial charge in [-0.25, -0.2) is 9.18 Å². The van der Waals surface area contributed by atoms with Crippen LogP contribution in [0.15, 0.2) is 60.7 Å². The van der Waals surface area contributed by atoms with E-state index in [-0.39, 0.29) is 34.6 Å². The molecule has 0 aliphatic carbocycles. The number of hydrogen-bond donors (Lipinski definition) is 0. The number of rotatable bonds is 22. The summed E-state index contributed by atoms with van der Waals surface area (Å²) in [6.07, 6.45) is 7.77. The van der Waals surface area contributed by atoms with Crippen LogP contribution in [0.2, 0.25) is 51.9 Å². The molecule has 0 aromatic heterocycles. The third-order valence-corrected chi connectivity index (χ3v) is 18.4. The molecule has 0 aliphatic rings. The highest BCUT2D eigenvalue weighted by atomic mass is 28.5. The summed E-state index contributed by atoms with van der Waals surface area (Å²) in [5.41, 5.74) is 1.27. The SMILES string of the molecule is CCCCC[C@@H](C)Oc1ccc(-c2ccc(OC(=O)c3ccc(OCCCCCC[Si](C)(C)O[Si](C)(C)O[Si](C)(C)C)c(F)c3)cc2)cc1[N+](=O)[O-]. The number of nitro benzene ring substituents is 1. The molecule has 0 bridgehead atoms. The predicted octanol–water partition coefficient (Wildman–Crippen LogP) is 11.7. The minimum Gasteiger partial charge on any atom is -0.491 e. The molecule has 3 rings (SSSR count). The first-order chi connectivity index (χ1) is 24.4. The van der Waals surface area contributed by atoms with Crippen molar-refractivity contribution >= 4 is 36.9 Å². The number of hydrogen-bond acceptors (Lipinski definition) is 8. The van der Waals surface area contributed by atoms with E-state index in [0.717, 1.165) is 63.5 Å². The van der Waals surface area contributed by atoms with Crippen LogP contribution in [0.25, 0.3) is 11.1 Å². The molecule has 0 heterocycles. The largest absolute Gasteiger partial charge is 0.491 e. The third kappa shape index (κ3) is 14.9. The second-order valence-electron chi connectivity index (χ2n) is 15.4. The summed E-state index contributed by atoms with van der Waals surface area (Å²) in [6, 6.07) is 16.6. The van der Waals surface area contributed by atoms with E-state index in [1.165, 1.54) is 18.2 Å². The van der Waals surface area contributed by atoms with E-state index >= 15 is 0 Å². The van der Waals surface area contributed by atoms with Gasteiger partial charge in [-0.15, -0.1) is 0 Å². The van der Waals surface area contributed by atoms with Crippen LogP contribution in [-0.2, 0) is 8.23 Å². The molecule has 52 heavy (non-hydrogen) atoms. The normalized spacial score (nSPS) is 12.7. The molecule has 0 saturated heterocycles. The maximum absolute atomic E-state index is 14.8. The fraction of sp³-hybridized carbons (Fsp3) is 0.513. The topological polar surface area (TPSA) is 106 Å². The predicted molar refractivity (Wildman–Crippen MR) is 213 cm³/mol. The molecule has 0 amide bonds. The van der Waals surface area contributed by atoms with E-state index in [1.807, 2.05) is 6.92 Å². The van der Waals surface area contributed by atoms with Crippen molar-refractivity contribution in [2.45, 2.75) is 123 Å². The molecule has 286 valence electrons. The van der Waals surface area contributed by atoms with Gasteiger partial charge in [-0.1, -0.05) is 57.2 Å². The van der Waals surface area contributed by atoms with Gasteiger partial charge in [0.15, 0.2) is 34.0 Å². The number of halogens is 1. The van der Waals surface area contributed by atoms with Crippen molar-refractivity contribution in [3.05, 3.63) is 82.2 Å². The summed E-state index contributed by atoms with van der Waals surface area (Å²) in [7, 11) is -5.61. The van der Waals surface area contributed by atoms with Crippen LogP contribution in [0.1, 0.15) is 75.6 Å². The summed E-state index contributed by atoms with van der Waals surface area (Å²) >= 11 is 0. The lowest BCUT2D eigenvalue weighted by Crippen LogP contribution is -2.51. The van der Waals surface area contributed by atoms with Crippen molar-refractivity contribution in [1.29, 1.82) is 0 Å². The van der Waals surface area contributed by atoms with Crippen LogP contribution in [0, 0.1) is 15.9 Å². The van der Waals surface area contributed by atoms with Crippen LogP contribution >= 0.6 is 0 Å². The molecular weight excluding hydrogens is 714 g/mol. The molecule has 0 spiro atoms. The molecule has 0 N–H and O–H groups in total. The summed E-state index contributed by atoms with van der Waals surface area (Å²) in [6.45, 7) is 19.9. The van der Waals surface area contributed by atoms with Gasteiger partial charge in [0.1, 0.15) is 5.75 Å². The lowest BCUT2D eigenvalue weighted by molar-refractivity contribution is -0.386. The first kappa shape index (κ1) is 43.0. The number of ether oxygens (including phenoxy) is 3. The van der Waals surface area contributed by atoms with Crippen LogP contribution in [0.5, 0.6) is 17.2 Å². The van der Waals surface area contributed by atoms with Crippen molar-refractivity contribution in [3.63, 3.8) is 0 Å². The summed E-state index contributed by atoms with van der Waals surface area (Å²) in [4.78, 5) is 24.2. The highest BCUT2D eigenvalue weighted by Gasteiger charge is 2.37. The van der Waals surface area contributed by atoms with Crippen LogP contribution in [0.3, 0.4) is 0 Å². The second-order valence-corrected chi connectivity index (χ2v) is 28.1. The van der Waals surface area contributed by atoms with E-state index < -0.39 is 41.9 Å². The Balaban J connectivity index is 1.46. The molecule has 0 aliphatic heterocycles. The van der Waals surface area contributed by atoms with Crippen molar-refractivity contribution < 1.29 is 36.5 Å². The number of nitro groups is 1. The Labute approximate surface area is 312 Å². The fourth-order valence-corrected chi connectivity index (χ4v) is 19.5. The Morgan fingerprint density at radius 1 is 0.808 bits per heavy atom. The lowest BCUT2D eigenvalue weighted by Gasteiger charge is -2.37. The quantitative estimate of drug-likeness (QED) is 0.0248. The second kappa shape index (κ2) is 19.6. The Morgan fingerprint density at radius 2 is 1.46 bits per heavy atom. The van der Waals surface area contributed by atoms with Gasteiger partial charge in [-0.2, -0.15) is 0 Å². The first-order valence-corrected chi connectivity index (χ1v) is 27.8. The zero-order valence-electron chi connectivity index (χ0n) is 32.5. The Bertz CT molecular complexity index is 1610. The number of carbonyl (C=O) groups is 1. The smallest absolute Gasteiger partial charge is 0.343 e. The average Bonchev–Trinajstić information content (AvgIpc) is 3.03. The minimum absolute atomic E-state index is 0.0551. The number of carbonyl (C=O) groups excluding carboxylic acids is 1. The number of nitrogens with zero attached hydrogens (tertiary/aromatic N) is 1. The number of esters is 1. The Morgan fingerprint density at radius 3 is 2.10 bits per heavy atom. The zero-order valence-corrected chi connectivity index (χ0v) is 35.5. The van der Waals surface area contributed by atoms with Crippen LogP contribution in [-0.4, -0.2) is 48.8 Å². The van der Waals surface area contributed by atoms with E-state index in [4.69, 9.17) is 22.4 Å². The van der Waals surface area contributed by atoms with Gasteiger partial charge in [0, 0.05) is 6.07 Å². The average molecular weight is 772 g/mol. The van der Waals surface area contributed by atoms with Crippen LogP contribution < -0.4 is 14.2 Å². The Hall–Kier alpha value is -3.37.